The van der Waals surface area contributed by atoms with E-state index in [2.05, 4.69) is 10.4 Å². The first-order valence-electron chi connectivity index (χ1n) is 8.00. The number of hydrogen-bond acceptors (Lipinski definition) is 4. The Bertz CT molecular complexity index is 651. The van der Waals surface area contributed by atoms with Gasteiger partial charge in [0.05, 0.1) is 5.69 Å². The number of aliphatic carboxylic acids is 1. The summed E-state index contributed by atoms with van der Waals surface area (Å²) >= 11 is 0. The molecule has 0 spiro atoms. The van der Waals surface area contributed by atoms with Crippen LogP contribution in [0.15, 0.2) is 10.9 Å². The monoisotopic (exact) mass is 321 g/mol. The molecule has 7 nitrogen and oxygen atoms in total. The summed E-state index contributed by atoms with van der Waals surface area (Å²) in [7, 11) is 0. The third-order valence-electron chi connectivity index (χ3n) is 4.07. The first kappa shape index (κ1) is 17.2. The number of carbonyl (C=O) groups is 2. The molecule has 0 fully saturated rings. The molecule has 2 rings (SSSR count). The SMILES string of the molecule is CC(C)[C@H](NC(=O)Cn1nc2c(cc1=O)CCCCC2)C(=O)O. The fourth-order valence-electron chi connectivity index (χ4n) is 2.76. The highest BCUT2D eigenvalue weighted by Gasteiger charge is 2.24. The predicted octanol–water partition coefficient (Wildman–Crippen LogP) is 0.738. The van der Waals surface area contributed by atoms with Crippen LogP contribution in [0.1, 0.15) is 44.4 Å². The Kier molecular flexibility index (Phi) is 5.52. The van der Waals surface area contributed by atoms with Crippen molar-refractivity contribution in [3.05, 3.63) is 27.7 Å². The van der Waals surface area contributed by atoms with E-state index in [9.17, 15) is 14.4 Å². The smallest absolute Gasteiger partial charge is 0.326 e. The van der Waals surface area contributed by atoms with Crippen molar-refractivity contribution in [1.29, 1.82) is 0 Å². The van der Waals surface area contributed by atoms with E-state index in [-0.39, 0.29) is 18.0 Å². The Hall–Kier alpha value is -2.18. The Morgan fingerprint density at radius 1 is 1.30 bits per heavy atom. The molecule has 1 aromatic heterocycles. The van der Waals surface area contributed by atoms with Gasteiger partial charge in [-0.3, -0.25) is 9.59 Å². The summed E-state index contributed by atoms with van der Waals surface area (Å²) in [4.78, 5) is 35.3. The average Bonchev–Trinajstić information content (AvgIpc) is 2.69. The maximum Gasteiger partial charge on any atom is 0.326 e. The van der Waals surface area contributed by atoms with Gasteiger partial charge in [0.25, 0.3) is 5.56 Å². The van der Waals surface area contributed by atoms with Crippen molar-refractivity contribution >= 4 is 11.9 Å². The van der Waals surface area contributed by atoms with Gasteiger partial charge in [-0.15, -0.1) is 0 Å². The minimum Gasteiger partial charge on any atom is -0.480 e. The summed E-state index contributed by atoms with van der Waals surface area (Å²) < 4.78 is 1.12. The summed E-state index contributed by atoms with van der Waals surface area (Å²) in [5.41, 5.74) is 1.51. The lowest BCUT2D eigenvalue weighted by molar-refractivity contribution is -0.143. The lowest BCUT2D eigenvalue weighted by Gasteiger charge is -2.18. The zero-order valence-electron chi connectivity index (χ0n) is 13.5. The Morgan fingerprint density at radius 2 is 2.00 bits per heavy atom. The van der Waals surface area contributed by atoms with Crippen molar-refractivity contribution in [3.63, 3.8) is 0 Å². The molecule has 0 saturated heterocycles. The van der Waals surface area contributed by atoms with Crippen LogP contribution in [0.3, 0.4) is 0 Å². The van der Waals surface area contributed by atoms with Gasteiger partial charge in [0, 0.05) is 6.07 Å². The van der Waals surface area contributed by atoms with Crippen molar-refractivity contribution in [1.82, 2.24) is 15.1 Å². The molecular formula is C16H23N3O4. The Labute approximate surface area is 134 Å². The maximum absolute atomic E-state index is 12.1. The van der Waals surface area contributed by atoms with Crippen molar-refractivity contribution in [2.45, 2.75) is 58.5 Å². The molecule has 1 atom stereocenters. The summed E-state index contributed by atoms with van der Waals surface area (Å²) in [6.45, 7) is 3.17. The number of carboxylic acids is 1. The largest absolute Gasteiger partial charge is 0.480 e. The summed E-state index contributed by atoms with van der Waals surface area (Å²) in [5, 5.41) is 15.9. The normalized spacial score (nSPS) is 15.6. The standard InChI is InChI=1S/C16H23N3O4/c1-10(2)15(16(22)23)17-13(20)9-19-14(21)8-11-6-4-3-5-7-12(11)18-19/h8,10,15H,3-7,9H2,1-2H3,(H,17,20)(H,22,23)/t15-/m0/s1. The number of nitrogens with one attached hydrogen (secondary N) is 1. The van der Waals surface area contributed by atoms with Gasteiger partial charge < -0.3 is 10.4 Å². The maximum atomic E-state index is 12.1. The molecule has 126 valence electrons. The second kappa shape index (κ2) is 7.39. The van der Waals surface area contributed by atoms with Crippen LogP contribution in [0.2, 0.25) is 0 Å². The van der Waals surface area contributed by atoms with Crippen molar-refractivity contribution in [3.8, 4) is 0 Å². The van der Waals surface area contributed by atoms with Gasteiger partial charge in [-0.05, 0) is 37.2 Å². The predicted molar refractivity (Wildman–Crippen MR) is 84.2 cm³/mol. The summed E-state index contributed by atoms with van der Waals surface area (Å²) in [6.07, 6.45) is 4.84. The van der Waals surface area contributed by atoms with Crippen molar-refractivity contribution in [2.75, 3.05) is 0 Å². The van der Waals surface area contributed by atoms with Crippen LogP contribution in [0.4, 0.5) is 0 Å². The number of nitrogens with zero attached hydrogens (tertiary/aromatic N) is 2. The van der Waals surface area contributed by atoms with Crippen LogP contribution >= 0.6 is 0 Å². The summed E-state index contributed by atoms with van der Waals surface area (Å²) in [6, 6.07) is 0.581. The lowest BCUT2D eigenvalue weighted by atomic mass is 10.1. The van der Waals surface area contributed by atoms with Gasteiger partial charge in [-0.25, -0.2) is 9.48 Å². The Morgan fingerprint density at radius 3 is 2.65 bits per heavy atom. The van der Waals surface area contributed by atoms with Crippen molar-refractivity contribution in [2.24, 2.45) is 5.92 Å². The number of carboxylic acid groups (broad SMARTS) is 1. The van der Waals surface area contributed by atoms with Gasteiger partial charge in [-0.1, -0.05) is 20.3 Å². The molecule has 0 radical (unpaired) electrons. The minimum absolute atomic E-state index is 0.242. The zero-order valence-corrected chi connectivity index (χ0v) is 13.5. The van der Waals surface area contributed by atoms with Gasteiger partial charge in [0.15, 0.2) is 0 Å². The number of aromatic nitrogens is 2. The van der Waals surface area contributed by atoms with E-state index in [1.165, 1.54) is 0 Å². The third-order valence-corrected chi connectivity index (χ3v) is 4.07. The molecule has 1 amide bonds. The van der Waals surface area contributed by atoms with E-state index in [0.717, 1.165) is 48.0 Å². The van der Waals surface area contributed by atoms with E-state index in [1.807, 2.05) is 0 Å². The number of carbonyl (C=O) groups excluding carboxylic acids is 1. The van der Waals surface area contributed by atoms with E-state index in [1.54, 1.807) is 19.9 Å². The Balaban J connectivity index is 2.13. The minimum atomic E-state index is -1.09. The lowest BCUT2D eigenvalue weighted by Crippen LogP contribution is -2.46. The van der Waals surface area contributed by atoms with E-state index in [4.69, 9.17) is 5.11 Å². The zero-order chi connectivity index (χ0) is 17.0. The van der Waals surface area contributed by atoms with Gasteiger partial charge in [-0.2, -0.15) is 5.10 Å². The van der Waals surface area contributed by atoms with Gasteiger partial charge >= 0.3 is 5.97 Å². The fourth-order valence-corrected chi connectivity index (χ4v) is 2.76. The number of amides is 1. The average molecular weight is 321 g/mol. The highest BCUT2D eigenvalue weighted by Crippen LogP contribution is 2.16. The molecule has 1 aromatic rings. The second-order valence-electron chi connectivity index (χ2n) is 6.30. The highest BCUT2D eigenvalue weighted by molar-refractivity contribution is 5.83. The summed E-state index contributed by atoms with van der Waals surface area (Å²) in [5.74, 6) is -1.85. The van der Waals surface area contributed by atoms with Crippen LogP contribution < -0.4 is 10.9 Å². The van der Waals surface area contributed by atoms with Crippen LogP contribution in [0, 0.1) is 5.92 Å². The molecule has 1 heterocycles. The highest BCUT2D eigenvalue weighted by atomic mass is 16.4. The molecule has 7 heteroatoms. The topological polar surface area (TPSA) is 101 Å². The first-order chi connectivity index (χ1) is 10.9. The number of rotatable bonds is 5. The molecule has 23 heavy (non-hydrogen) atoms. The first-order valence-corrected chi connectivity index (χ1v) is 8.00. The van der Waals surface area contributed by atoms with Crippen LogP contribution in [-0.2, 0) is 29.0 Å². The molecule has 0 aliphatic heterocycles. The molecule has 1 aliphatic rings. The fraction of sp³-hybridized carbons (Fsp3) is 0.625. The van der Waals surface area contributed by atoms with E-state index in [0.29, 0.717) is 0 Å². The molecule has 0 aromatic carbocycles. The molecule has 0 saturated carbocycles. The molecule has 2 N–H and O–H groups in total. The quantitative estimate of drug-likeness (QED) is 0.779. The molecular weight excluding hydrogens is 298 g/mol. The van der Waals surface area contributed by atoms with Gasteiger partial charge in [0.1, 0.15) is 12.6 Å². The molecule has 0 unspecified atom stereocenters. The van der Waals surface area contributed by atoms with E-state index >= 15 is 0 Å². The molecule has 1 aliphatic carbocycles. The number of aryl methyl sites for hydroxylation is 2. The third kappa shape index (κ3) is 4.40. The number of fused-ring (bicyclic) bond motifs is 1. The van der Waals surface area contributed by atoms with Gasteiger partial charge in [0.2, 0.25) is 5.91 Å². The van der Waals surface area contributed by atoms with Crippen molar-refractivity contribution < 1.29 is 14.7 Å². The van der Waals surface area contributed by atoms with Crippen LogP contribution in [-0.4, -0.2) is 32.8 Å². The second-order valence-corrected chi connectivity index (χ2v) is 6.30. The van der Waals surface area contributed by atoms with Crippen LogP contribution in [0.25, 0.3) is 0 Å². The number of hydrogen-bond donors (Lipinski definition) is 2. The van der Waals surface area contributed by atoms with Crippen LogP contribution in [0.5, 0.6) is 0 Å². The van der Waals surface area contributed by atoms with E-state index < -0.39 is 17.9 Å². The molecule has 0 bridgehead atoms.